The average Bonchev–Trinajstić information content (AvgIpc) is 3.48. The van der Waals surface area contributed by atoms with Gasteiger partial charge in [-0.05, 0) is 43.3 Å². The molecule has 0 atom stereocenters. The van der Waals surface area contributed by atoms with Crippen molar-refractivity contribution >= 4 is 26.8 Å². The maximum absolute atomic E-state index is 13.5. The van der Waals surface area contributed by atoms with Crippen molar-refractivity contribution in [2.75, 3.05) is 6.54 Å². The van der Waals surface area contributed by atoms with Crippen LogP contribution in [0.15, 0.2) is 84.0 Å². The molecule has 1 aliphatic rings. The topological polar surface area (TPSA) is 96.9 Å². The molecular formula is C27H22N4O3S. The van der Waals surface area contributed by atoms with Crippen LogP contribution in [-0.4, -0.2) is 34.8 Å². The van der Waals surface area contributed by atoms with Gasteiger partial charge < -0.3 is 10.3 Å². The molecule has 35 heavy (non-hydrogen) atoms. The van der Waals surface area contributed by atoms with E-state index in [1.54, 1.807) is 42.7 Å². The molecular weight excluding hydrogens is 460 g/mol. The molecule has 0 radical (unpaired) electrons. The summed E-state index contributed by atoms with van der Waals surface area (Å²) in [6.45, 7) is 2.54. The molecule has 0 saturated carbocycles. The Morgan fingerprint density at radius 2 is 1.77 bits per heavy atom. The zero-order valence-corrected chi connectivity index (χ0v) is 19.8. The molecule has 7 nitrogen and oxygen atoms in total. The molecule has 2 N–H and O–H groups in total. The maximum Gasteiger partial charge on any atom is 0.268 e. The number of H-pyrrole nitrogens is 1. The number of aryl methyl sites for hydroxylation is 1. The Morgan fingerprint density at radius 1 is 0.971 bits per heavy atom. The Balaban J connectivity index is 1.48. The lowest BCUT2D eigenvalue weighted by atomic mass is 10.1. The summed E-state index contributed by atoms with van der Waals surface area (Å²) < 4.78 is 28.4. The number of fused-ring (bicyclic) bond motifs is 2. The third kappa shape index (κ3) is 3.54. The maximum atomic E-state index is 13.5. The first-order chi connectivity index (χ1) is 16.9. The fourth-order valence-electron chi connectivity index (χ4n) is 4.57. The van der Waals surface area contributed by atoms with Crippen LogP contribution in [-0.2, 0) is 16.4 Å². The Bertz CT molecular complexity index is 1710. The fraction of sp³-hybridized carbons (Fsp3) is 0.111. The van der Waals surface area contributed by atoms with Gasteiger partial charge in [-0.1, -0.05) is 35.9 Å². The van der Waals surface area contributed by atoms with E-state index in [-0.39, 0.29) is 10.8 Å². The largest absolute Gasteiger partial charge is 0.358 e. The summed E-state index contributed by atoms with van der Waals surface area (Å²) in [6.07, 6.45) is 4.09. The molecule has 0 bridgehead atoms. The summed E-state index contributed by atoms with van der Waals surface area (Å²) in [5.74, 6) is -0.0765. The Hall–Kier alpha value is -4.17. The molecule has 2 aromatic carbocycles. The van der Waals surface area contributed by atoms with E-state index in [4.69, 9.17) is 0 Å². The molecule has 0 spiro atoms. The van der Waals surface area contributed by atoms with Crippen LogP contribution in [0.1, 0.15) is 21.6 Å². The Labute approximate surface area is 202 Å². The minimum Gasteiger partial charge on any atom is -0.358 e. The third-order valence-electron chi connectivity index (χ3n) is 6.41. The highest BCUT2D eigenvalue weighted by molar-refractivity contribution is 7.90. The number of aromatic amines is 1. The monoisotopic (exact) mass is 482 g/mol. The molecule has 0 unspecified atom stereocenters. The third-order valence-corrected chi connectivity index (χ3v) is 8.10. The van der Waals surface area contributed by atoms with Gasteiger partial charge >= 0.3 is 0 Å². The number of pyridine rings is 1. The van der Waals surface area contributed by atoms with Crippen molar-refractivity contribution in [3.05, 3.63) is 95.9 Å². The number of hydrogen-bond acceptors (Lipinski definition) is 4. The summed E-state index contributed by atoms with van der Waals surface area (Å²) in [5, 5.41) is 3.65. The number of amides is 1. The van der Waals surface area contributed by atoms with Crippen molar-refractivity contribution in [3.63, 3.8) is 0 Å². The number of carbonyl (C=O) groups excluding carboxylic acids is 1. The van der Waals surface area contributed by atoms with Crippen molar-refractivity contribution in [2.45, 2.75) is 18.2 Å². The van der Waals surface area contributed by atoms with Gasteiger partial charge in [0.1, 0.15) is 0 Å². The van der Waals surface area contributed by atoms with E-state index in [2.05, 4.69) is 15.3 Å². The van der Waals surface area contributed by atoms with Crippen molar-refractivity contribution < 1.29 is 13.2 Å². The van der Waals surface area contributed by atoms with E-state index < -0.39 is 10.0 Å². The van der Waals surface area contributed by atoms with E-state index in [1.807, 2.05) is 43.3 Å². The van der Waals surface area contributed by atoms with Gasteiger partial charge in [0.15, 0.2) is 0 Å². The van der Waals surface area contributed by atoms with Crippen LogP contribution >= 0.6 is 0 Å². The normalized spacial score (nSPS) is 13.6. The molecule has 8 heteroatoms. The van der Waals surface area contributed by atoms with Crippen LogP contribution in [0.3, 0.4) is 0 Å². The zero-order valence-electron chi connectivity index (χ0n) is 18.9. The Morgan fingerprint density at radius 3 is 2.57 bits per heavy atom. The summed E-state index contributed by atoms with van der Waals surface area (Å²) in [4.78, 5) is 20.3. The predicted molar refractivity (Wildman–Crippen MR) is 135 cm³/mol. The molecule has 5 aromatic rings. The van der Waals surface area contributed by atoms with Gasteiger partial charge in [-0.25, -0.2) is 12.4 Å². The van der Waals surface area contributed by atoms with Crippen LogP contribution in [0.5, 0.6) is 0 Å². The molecule has 4 heterocycles. The number of para-hydroxylation sites is 1. The first-order valence-electron chi connectivity index (χ1n) is 11.3. The van der Waals surface area contributed by atoms with Crippen LogP contribution in [0.4, 0.5) is 0 Å². The second kappa shape index (κ2) is 7.95. The smallest absolute Gasteiger partial charge is 0.268 e. The highest BCUT2D eigenvalue weighted by atomic mass is 32.2. The number of carbonyl (C=O) groups is 1. The predicted octanol–water partition coefficient (Wildman–Crippen LogP) is 4.53. The fourth-order valence-corrected chi connectivity index (χ4v) is 5.94. The van der Waals surface area contributed by atoms with Crippen LogP contribution in [0, 0.1) is 6.92 Å². The first-order valence-corrected chi connectivity index (χ1v) is 12.7. The van der Waals surface area contributed by atoms with Crippen molar-refractivity contribution in [2.24, 2.45) is 0 Å². The van der Waals surface area contributed by atoms with E-state index in [1.165, 1.54) is 3.97 Å². The molecule has 0 saturated heterocycles. The second-order valence-corrected chi connectivity index (χ2v) is 10.5. The number of nitrogens with zero attached hydrogens (tertiary/aromatic N) is 2. The standard InChI is InChI=1S/C27H22N4O3S/c1-17-6-8-19(9-7-17)35(33,34)31-16-22(20-4-2-3-5-26(20)31)25-14-18(10-12-28-25)24-15-21-23(30-24)11-13-29-27(21)32/h2-10,12,14-16,30H,11,13H2,1H3,(H,29,32). The van der Waals surface area contributed by atoms with Gasteiger partial charge in [0, 0.05) is 53.3 Å². The minimum atomic E-state index is -3.80. The highest BCUT2D eigenvalue weighted by Gasteiger charge is 2.23. The number of hydrogen-bond donors (Lipinski definition) is 2. The summed E-state index contributed by atoms with van der Waals surface area (Å²) in [5.41, 5.74) is 6.21. The first kappa shape index (κ1) is 21.4. The number of aromatic nitrogens is 3. The van der Waals surface area contributed by atoms with E-state index in [0.29, 0.717) is 28.9 Å². The number of rotatable bonds is 4. The quantitative estimate of drug-likeness (QED) is 0.393. The summed E-state index contributed by atoms with van der Waals surface area (Å²) in [7, 11) is -3.80. The highest BCUT2D eigenvalue weighted by Crippen LogP contribution is 2.34. The second-order valence-electron chi connectivity index (χ2n) is 8.68. The molecule has 1 amide bonds. The van der Waals surface area contributed by atoms with Crippen LogP contribution < -0.4 is 5.32 Å². The summed E-state index contributed by atoms with van der Waals surface area (Å²) in [6, 6.07) is 19.9. The molecule has 0 aliphatic carbocycles. The molecule has 6 rings (SSSR count). The zero-order chi connectivity index (χ0) is 24.2. The molecule has 3 aromatic heterocycles. The number of benzene rings is 2. The minimum absolute atomic E-state index is 0.0765. The molecule has 0 fully saturated rings. The molecule has 174 valence electrons. The van der Waals surface area contributed by atoms with Crippen molar-refractivity contribution in [1.29, 1.82) is 0 Å². The van der Waals surface area contributed by atoms with Gasteiger partial charge in [0.05, 0.1) is 21.7 Å². The van der Waals surface area contributed by atoms with Gasteiger partial charge in [-0.2, -0.15) is 0 Å². The summed E-state index contributed by atoms with van der Waals surface area (Å²) >= 11 is 0. The SMILES string of the molecule is Cc1ccc(S(=O)(=O)n2cc(-c3cc(-c4cc5c([nH]4)CCNC5=O)ccn3)c3ccccc32)cc1. The van der Waals surface area contributed by atoms with E-state index in [0.717, 1.165) is 34.3 Å². The van der Waals surface area contributed by atoms with E-state index in [9.17, 15) is 13.2 Å². The van der Waals surface area contributed by atoms with Gasteiger partial charge in [0.2, 0.25) is 0 Å². The van der Waals surface area contributed by atoms with Gasteiger partial charge in [-0.15, -0.1) is 0 Å². The molecule has 1 aliphatic heterocycles. The number of nitrogens with one attached hydrogen (secondary N) is 2. The van der Waals surface area contributed by atoms with Crippen LogP contribution in [0.2, 0.25) is 0 Å². The van der Waals surface area contributed by atoms with Crippen molar-refractivity contribution in [1.82, 2.24) is 19.3 Å². The van der Waals surface area contributed by atoms with E-state index >= 15 is 0 Å². The van der Waals surface area contributed by atoms with Crippen molar-refractivity contribution in [3.8, 4) is 22.5 Å². The Kier molecular flexibility index (Phi) is 4.86. The average molecular weight is 483 g/mol. The van der Waals surface area contributed by atoms with Gasteiger partial charge in [0.25, 0.3) is 15.9 Å². The lowest BCUT2D eigenvalue weighted by Crippen LogP contribution is -2.31. The lowest BCUT2D eigenvalue weighted by Gasteiger charge is -2.10. The van der Waals surface area contributed by atoms with Gasteiger partial charge in [-0.3, -0.25) is 9.78 Å². The van der Waals surface area contributed by atoms with Crippen LogP contribution in [0.25, 0.3) is 33.4 Å². The lowest BCUT2D eigenvalue weighted by molar-refractivity contribution is 0.0946.